The maximum atomic E-state index is 12.9. The number of hydrogen-bond acceptors (Lipinski definition) is 5. The van der Waals surface area contributed by atoms with Crippen LogP contribution in [0.4, 0.5) is 4.39 Å². The Morgan fingerprint density at radius 2 is 2.16 bits per heavy atom. The third-order valence-corrected chi connectivity index (χ3v) is 4.04. The van der Waals surface area contributed by atoms with Crippen molar-refractivity contribution in [1.82, 2.24) is 20.8 Å². The molecule has 0 saturated carbocycles. The van der Waals surface area contributed by atoms with Crippen LogP contribution in [0, 0.1) is 5.82 Å². The molecule has 0 aliphatic carbocycles. The summed E-state index contributed by atoms with van der Waals surface area (Å²) < 4.78 is 18.1. The molecule has 0 saturated heterocycles. The van der Waals surface area contributed by atoms with Crippen LogP contribution < -0.4 is 10.6 Å². The van der Waals surface area contributed by atoms with Gasteiger partial charge in [-0.25, -0.2) is 4.39 Å². The molecule has 3 rings (SSSR count). The lowest BCUT2D eigenvalue weighted by Crippen LogP contribution is -2.29. The first-order valence-electron chi connectivity index (χ1n) is 8.44. The summed E-state index contributed by atoms with van der Waals surface area (Å²) in [7, 11) is 0. The van der Waals surface area contributed by atoms with Gasteiger partial charge in [0.25, 0.3) is 0 Å². The van der Waals surface area contributed by atoms with E-state index in [4.69, 9.17) is 4.52 Å². The van der Waals surface area contributed by atoms with Crippen molar-refractivity contribution in [3.05, 3.63) is 47.6 Å². The highest BCUT2D eigenvalue weighted by Crippen LogP contribution is 2.16. The molecule has 1 aromatic carbocycles. The molecule has 1 aliphatic rings. The standard InChI is InChI=1S/C18H21FN4O2/c19-15-6-4-14(5-7-15)18-22-17(25-23-18)3-1-2-16(24)21-12-13-8-10-20-11-9-13/h4-8,20H,1-3,9-12H2,(H,21,24). The van der Waals surface area contributed by atoms with Crippen LogP contribution in [0.3, 0.4) is 0 Å². The molecular weight excluding hydrogens is 323 g/mol. The summed E-state index contributed by atoms with van der Waals surface area (Å²) in [6, 6.07) is 5.92. The molecule has 0 bridgehead atoms. The first-order valence-corrected chi connectivity index (χ1v) is 8.44. The summed E-state index contributed by atoms with van der Waals surface area (Å²) in [6.07, 6.45) is 4.69. The lowest BCUT2D eigenvalue weighted by molar-refractivity contribution is -0.121. The van der Waals surface area contributed by atoms with Crippen molar-refractivity contribution in [3.8, 4) is 11.4 Å². The largest absolute Gasteiger partial charge is 0.352 e. The fraction of sp³-hybridized carbons (Fsp3) is 0.389. The Balaban J connectivity index is 1.41. The van der Waals surface area contributed by atoms with Gasteiger partial charge in [-0.3, -0.25) is 4.79 Å². The van der Waals surface area contributed by atoms with E-state index < -0.39 is 0 Å². The second-order valence-corrected chi connectivity index (χ2v) is 5.97. The molecule has 7 heteroatoms. The van der Waals surface area contributed by atoms with Crippen molar-refractivity contribution in [2.24, 2.45) is 0 Å². The molecule has 0 atom stereocenters. The number of rotatable bonds is 7. The lowest BCUT2D eigenvalue weighted by Gasteiger charge is -2.14. The highest BCUT2D eigenvalue weighted by atomic mass is 19.1. The molecule has 6 nitrogen and oxygen atoms in total. The summed E-state index contributed by atoms with van der Waals surface area (Å²) >= 11 is 0. The van der Waals surface area contributed by atoms with Gasteiger partial charge in [-0.1, -0.05) is 16.8 Å². The number of nitrogens with zero attached hydrogens (tertiary/aromatic N) is 2. The Bertz CT molecular complexity index is 740. The maximum Gasteiger partial charge on any atom is 0.226 e. The number of aromatic nitrogens is 2. The van der Waals surface area contributed by atoms with Crippen LogP contribution in [0.2, 0.25) is 0 Å². The van der Waals surface area contributed by atoms with E-state index in [-0.39, 0.29) is 11.7 Å². The topological polar surface area (TPSA) is 80.0 Å². The first kappa shape index (κ1) is 17.3. The number of halogens is 1. The molecule has 0 spiro atoms. The average molecular weight is 344 g/mol. The minimum absolute atomic E-state index is 0.0257. The van der Waals surface area contributed by atoms with E-state index in [0.717, 1.165) is 19.5 Å². The summed E-state index contributed by atoms with van der Waals surface area (Å²) in [5.74, 6) is 0.627. The van der Waals surface area contributed by atoms with Crippen LogP contribution in [-0.4, -0.2) is 35.7 Å². The van der Waals surface area contributed by atoms with E-state index >= 15 is 0 Å². The smallest absolute Gasteiger partial charge is 0.226 e. The fourth-order valence-electron chi connectivity index (χ4n) is 2.60. The Morgan fingerprint density at radius 1 is 1.32 bits per heavy atom. The van der Waals surface area contributed by atoms with Gasteiger partial charge in [0.05, 0.1) is 0 Å². The summed E-state index contributed by atoms with van der Waals surface area (Å²) in [4.78, 5) is 16.2. The van der Waals surface area contributed by atoms with Gasteiger partial charge in [0.15, 0.2) is 0 Å². The number of amides is 1. The predicted octanol–water partition coefficient (Wildman–Crippen LogP) is 2.23. The molecule has 2 N–H and O–H groups in total. The number of carbonyl (C=O) groups excluding carboxylic acids is 1. The first-order chi connectivity index (χ1) is 12.2. The van der Waals surface area contributed by atoms with Crippen molar-refractivity contribution in [1.29, 1.82) is 0 Å². The predicted molar refractivity (Wildman–Crippen MR) is 91.2 cm³/mol. The highest BCUT2D eigenvalue weighted by Gasteiger charge is 2.10. The van der Waals surface area contributed by atoms with Crippen molar-refractivity contribution in [2.45, 2.75) is 25.7 Å². The zero-order valence-corrected chi connectivity index (χ0v) is 13.9. The van der Waals surface area contributed by atoms with Gasteiger partial charge in [-0.05, 0) is 43.7 Å². The minimum atomic E-state index is -0.307. The van der Waals surface area contributed by atoms with Gasteiger partial charge < -0.3 is 15.2 Å². The number of carbonyl (C=O) groups is 1. The Hall–Kier alpha value is -2.54. The number of nitrogens with one attached hydrogen (secondary N) is 2. The molecule has 2 aromatic rings. The van der Waals surface area contributed by atoms with Crippen molar-refractivity contribution in [2.75, 3.05) is 19.6 Å². The zero-order chi connectivity index (χ0) is 17.5. The molecular formula is C18H21FN4O2. The second-order valence-electron chi connectivity index (χ2n) is 5.97. The van der Waals surface area contributed by atoms with Gasteiger partial charge in [-0.15, -0.1) is 0 Å². The van der Waals surface area contributed by atoms with Crippen LogP contribution in [-0.2, 0) is 11.2 Å². The summed E-state index contributed by atoms with van der Waals surface area (Å²) in [5.41, 5.74) is 1.97. The lowest BCUT2D eigenvalue weighted by atomic mass is 10.1. The quantitative estimate of drug-likeness (QED) is 0.753. The van der Waals surface area contributed by atoms with E-state index in [9.17, 15) is 9.18 Å². The molecule has 25 heavy (non-hydrogen) atoms. The van der Waals surface area contributed by atoms with Crippen molar-refractivity contribution >= 4 is 5.91 Å². The van der Waals surface area contributed by atoms with Gasteiger partial charge in [-0.2, -0.15) is 4.98 Å². The molecule has 132 valence electrons. The van der Waals surface area contributed by atoms with E-state index in [1.807, 2.05) is 0 Å². The summed E-state index contributed by atoms with van der Waals surface area (Å²) in [6.45, 7) is 2.46. The number of hydrogen-bond donors (Lipinski definition) is 2. The third-order valence-electron chi connectivity index (χ3n) is 4.04. The molecule has 2 heterocycles. The highest BCUT2D eigenvalue weighted by molar-refractivity contribution is 5.76. The van der Waals surface area contributed by atoms with Crippen LogP contribution in [0.25, 0.3) is 11.4 Å². The van der Waals surface area contributed by atoms with Crippen molar-refractivity contribution < 1.29 is 13.7 Å². The van der Waals surface area contributed by atoms with E-state index in [0.29, 0.717) is 43.1 Å². The maximum absolute atomic E-state index is 12.9. The normalized spacial score (nSPS) is 14.2. The van der Waals surface area contributed by atoms with Gasteiger partial charge in [0.1, 0.15) is 5.82 Å². The molecule has 1 amide bonds. The van der Waals surface area contributed by atoms with Crippen LogP contribution >= 0.6 is 0 Å². The Morgan fingerprint density at radius 3 is 2.92 bits per heavy atom. The van der Waals surface area contributed by atoms with E-state index in [2.05, 4.69) is 26.9 Å². The minimum Gasteiger partial charge on any atom is -0.352 e. The number of benzene rings is 1. The zero-order valence-electron chi connectivity index (χ0n) is 13.9. The fourth-order valence-corrected chi connectivity index (χ4v) is 2.60. The Kier molecular flexibility index (Phi) is 5.90. The number of aryl methyl sites for hydroxylation is 1. The molecule has 0 radical (unpaired) electrons. The molecule has 1 aliphatic heterocycles. The van der Waals surface area contributed by atoms with Crippen LogP contribution in [0.15, 0.2) is 40.4 Å². The third kappa shape index (κ3) is 5.22. The second kappa shape index (κ2) is 8.53. The van der Waals surface area contributed by atoms with Gasteiger partial charge in [0, 0.05) is 31.5 Å². The summed E-state index contributed by atoms with van der Waals surface area (Å²) in [5, 5.41) is 10.1. The van der Waals surface area contributed by atoms with Crippen molar-refractivity contribution in [3.63, 3.8) is 0 Å². The molecule has 0 fully saturated rings. The SMILES string of the molecule is O=C(CCCc1nc(-c2ccc(F)cc2)no1)NCC1=CCNCC1. The van der Waals surface area contributed by atoms with Gasteiger partial charge in [0.2, 0.25) is 17.6 Å². The Labute approximate surface area is 145 Å². The van der Waals surface area contributed by atoms with Crippen LogP contribution in [0.1, 0.15) is 25.2 Å². The average Bonchev–Trinajstić information content (AvgIpc) is 3.10. The monoisotopic (exact) mass is 344 g/mol. The van der Waals surface area contributed by atoms with Gasteiger partial charge >= 0.3 is 0 Å². The van der Waals surface area contributed by atoms with E-state index in [1.54, 1.807) is 12.1 Å². The molecule has 1 aromatic heterocycles. The van der Waals surface area contributed by atoms with E-state index in [1.165, 1.54) is 17.7 Å². The molecule has 0 unspecified atom stereocenters. The van der Waals surface area contributed by atoms with Crippen LogP contribution in [0.5, 0.6) is 0 Å².